The highest BCUT2D eigenvalue weighted by molar-refractivity contribution is 5.84. The Hall–Kier alpha value is -0.750. The molecule has 0 saturated carbocycles. The number of ether oxygens (including phenoxy) is 1. The lowest BCUT2D eigenvalue weighted by Gasteiger charge is -2.26. The Balaban J connectivity index is 3.81. The van der Waals surface area contributed by atoms with Gasteiger partial charge in [-0.1, -0.05) is 6.92 Å². The predicted octanol–water partition coefficient (Wildman–Crippen LogP) is 0.902. The summed E-state index contributed by atoms with van der Waals surface area (Å²) in [5, 5.41) is 2.98. The number of alkyl halides is 2. The van der Waals surface area contributed by atoms with E-state index in [1.807, 2.05) is 6.92 Å². The number of carbonyl (C=O) groups is 1. The molecule has 0 heterocycles. The number of primary amides is 1. The van der Waals surface area contributed by atoms with Crippen LogP contribution in [0.25, 0.3) is 0 Å². The molecule has 0 aromatic carbocycles. The number of rotatable bonds is 9. The van der Waals surface area contributed by atoms with Gasteiger partial charge in [0, 0.05) is 6.61 Å². The average Bonchev–Trinajstić information content (AvgIpc) is 2.17. The lowest BCUT2D eigenvalue weighted by Crippen LogP contribution is -2.53. The molecule has 0 spiro atoms. The van der Waals surface area contributed by atoms with Crippen LogP contribution in [-0.2, 0) is 9.53 Å². The molecule has 0 aliphatic rings. The fourth-order valence-electron chi connectivity index (χ4n) is 1.39. The van der Waals surface area contributed by atoms with Gasteiger partial charge in [0.15, 0.2) is 0 Å². The summed E-state index contributed by atoms with van der Waals surface area (Å²) in [4.78, 5) is 11.2. The molecule has 0 bridgehead atoms. The van der Waals surface area contributed by atoms with Gasteiger partial charge in [0.05, 0.1) is 5.54 Å². The molecular formula is C10H20F2N2O2. The molecule has 1 atom stereocenters. The zero-order valence-corrected chi connectivity index (χ0v) is 9.76. The van der Waals surface area contributed by atoms with Crippen molar-refractivity contribution in [1.29, 1.82) is 0 Å². The summed E-state index contributed by atoms with van der Waals surface area (Å²) < 4.78 is 28.2. The van der Waals surface area contributed by atoms with E-state index in [4.69, 9.17) is 10.5 Å². The molecule has 0 aliphatic heterocycles. The number of halogens is 2. The standard InChI is InChI=1S/C10H20F2N2O2/c1-3-14-10(2,9(13)15)5-4-6-16-7-8(11)12/h8,14H,3-7H2,1-2H3,(H2,13,15). The molecule has 1 unspecified atom stereocenters. The maximum atomic E-state index is 11.7. The molecule has 6 heteroatoms. The van der Waals surface area contributed by atoms with Gasteiger partial charge in [-0.2, -0.15) is 0 Å². The Morgan fingerprint density at radius 1 is 1.56 bits per heavy atom. The number of likely N-dealkylation sites (N-methyl/N-ethyl adjacent to an activating group) is 1. The molecule has 0 fully saturated rings. The highest BCUT2D eigenvalue weighted by Crippen LogP contribution is 2.11. The Kier molecular flexibility index (Phi) is 7.16. The highest BCUT2D eigenvalue weighted by Gasteiger charge is 2.28. The monoisotopic (exact) mass is 238 g/mol. The normalized spacial score (nSPS) is 15.1. The first-order valence-corrected chi connectivity index (χ1v) is 5.33. The molecule has 4 nitrogen and oxygen atoms in total. The van der Waals surface area contributed by atoms with Crippen LogP contribution in [0.1, 0.15) is 26.7 Å². The number of hydrogen-bond donors (Lipinski definition) is 2. The molecule has 0 rings (SSSR count). The molecular weight excluding hydrogens is 218 g/mol. The van der Waals surface area contributed by atoms with Gasteiger partial charge in [0.1, 0.15) is 6.61 Å². The second-order valence-electron chi connectivity index (χ2n) is 3.80. The van der Waals surface area contributed by atoms with Gasteiger partial charge in [-0.05, 0) is 26.3 Å². The molecule has 0 aliphatic carbocycles. The van der Waals surface area contributed by atoms with Crippen LogP contribution in [0.5, 0.6) is 0 Å². The third kappa shape index (κ3) is 5.97. The van der Waals surface area contributed by atoms with Gasteiger partial charge < -0.3 is 15.8 Å². The summed E-state index contributed by atoms with van der Waals surface area (Å²) in [7, 11) is 0. The first-order valence-electron chi connectivity index (χ1n) is 5.33. The van der Waals surface area contributed by atoms with E-state index in [0.29, 0.717) is 19.4 Å². The number of nitrogens with one attached hydrogen (secondary N) is 1. The summed E-state index contributed by atoms with van der Waals surface area (Å²) in [6, 6.07) is 0. The van der Waals surface area contributed by atoms with Gasteiger partial charge >= 0.3 is 0 Å². The summed E-state index contributed by atoms with van der Waals surface area (Å²) in [5.74, 6) is -0.441. The van der Waals surface area contributed by atoms with Gasteiger partial charge in [-0.25, -0.2) is 8.78 Å². The van der Waals surface area contributed by atoms with E-state index in [0.717, 1.165) is 0 Å². The first-order chi connectivity index (χ1) is 7.42. The van der Waals surface area contributed by atoms with Crippen LogP contribution in [0.2, 0.25) is 0 Å². The van der Waals surface area contributed by atoms with E-state index in [9.17, 15) is 13.6 Å². The second-order valence-corrected chi connectivity index (χ2v) is 3.80. The molecule has 0 aromatic rings. The van der Waals surface area contributed by atoms with Crippen molar-refractivity contribution in [2.45, 2.75) is 38.7 Å². The SMILES string of the molecule is CCNC(C)(CCCOCC(F)F)C(N)=O. The van der Waals surface area contributed by atoms with Crippen molar-refractivity contribution in [2.75, 3.05) is 19.8 Å². The van der Waals surface area contributed by atoms with Gasteiger partial charge in [0.25, 0.3) is 6.43 Å². The van der Waals surface area contributed by atoms with E-state index >= 15 is 0 Å². The third-order valence-electron chi connectivity index (χ3n) is 2.32. The molecule has 16 heavy (non-hydrogen) atoms. The van der Waals surface area contributed by atoms with Crippen molar-refractivity contribution in [3.8, 4) is 0 Å². The van der Waals surface area contributed by atoms with E-state index in [1.54, 1.807) is 6.92 Å². The minimum absolute atomic E-state index is 0.207. The number of nitrogens with two attached hydrogens (primary N) is 1. The third-order valence-corrected chi connectivity index (χ3v) is 2.32. The van der Waals surface area contributed by atoms with Crippen molar-refractivity contribution in [1.82, 2.24) is 5.32 Å². The smallest absolute Gasteiger partial charge is 0.261 e. The molecule has 3 N–H and O–H groups in total. The van der Waals surface area contributed by atoms with Crippen LogP contribution in [-0.4, -0.2) is 37.6 Å². The molecule has 0 radical (unpaired) electrons. The van der Waals surface area contributed by atoms with Crippen LogP contribution in [0.15, 0.2) is 0 Å². The Morgan fingerprint density at radius 3 is 2.62 bits per heavy atom. The minimum atomic E-state index is -2.45. The Bertz CT molecular complexity index is 215. The maximum absolute atomic E-state index is 11.7. The minimum Gasteiger partial charge on any atom is -0.376 e. The molecule has 96 valence electrons. The van der Waals surface area contributed by atoms with E-state index in [1.165, 1.54) is 0 Å². The zero-order valence-electron chi connectivity index (χ0n) is 9.76. The van der Waals surface area contributed by atoms with Crippen molar-refractivity contribution < 1.29 is 18.3 Å². The second kappa shape index (κ2) is 7.51. The maximum Gasteiger partial charge on any atom is 0.261 e. The molecule has 1 amide bonds. The van der Waals surface area contributed by atoms with Crippen molar-refractivity contribution in [2.24, 2.45) is 5.73 Å². The summed E-state index contributed by atoms with van der Waals surface area (Å²) in [5.41, 5.74) is 4.47. The fourth-order valence-corrected chi connectivity index (χ4v) is 1.39. The Labute approximate surface area is 94.5 Å². The van der Waals surface area contributed by atoms with E-state index < -0.39 is 24.5 Å². The van der Waals surface area contributed by atoms with E-state index in [-0.39, 0.29) is 6.61 Å². The van der Waals surface area contributed by atoms with Crippen molar-refractivity contribution in [3.63, 3.8) is 0 Å². The highest BCUT2D eigenvalue weighted by atomic mass is 19.3. The largest absolute Gasteiger partial charge is 0.376 e. The number of amides is 1. The summed E-state index contributed by atoms with van der Waals surface area (Å²) in [6.45, 7) is 3.84. The van der Waals surface area contributed by atoms with Crippen molar-refractivity contribution in [3.05, 3.63) is 0 Å². The number of hydrogen-bond acceptors (Lipinski definition) is 3. The summed E-state index contributed by atoms with van der Waals surface area (Å²) >= 11 is 0. The summed E-state index contributed by atoms with van der Waals surface area (Å²) in [6.07, 6.45) is -1.46. The quantitative estimate of drug-likeness (QED) is 0.587. The molecule has 0 aromatic heterocycles. The lowest BCUT2D eigenvalue weighted by molar-refractivity contribution is -0.124. The zero-order chi connectivity index (χ0) is 12.6. The lowest BCUT2D eigenvalue weighted by atomic mass is 9.95. The van der Waals surface area contributed by atoms with Crippen LogP contribution >= 0.6 is 0 Å². The fraction of sp³-hybridized carbons (Fsp3) is 0.900. The average molecular weight is 238 g/mol. The van der Waals surface area contributed by atoms with Gasteiger partial charge in [0.2, 0.25) is 5.91 Å². The van der Waals surface area contributed by atoms with Crippen molar-refractivity contribution >= 4 is 5.91 Å². The van der Waals surface area contributed by atoms with Crippen LogP contribution in [0, 0.1) is 0 Å². The van der Waals surface area contributed by atoms with Gasteiger partial charge in [-0.3, -0.25) is 4.79 Å². The van der Waals surface area contributed by atoms with Crippen LogP contribution in [0.3, 0.4) is 0 Å². The van der Waals surface area contributed by atoms with E-state index in [2.05, 4.69) is 5.32 Å². The topological polar surface area (TPSA) is 64.3 Å². The van der Waals surface area contributed by atoms with Crippen LogP contribution in [0.4, 0.5) is 8.78 Å². The molecule has 0 saturated heterocycles. The Morgan fingerprint density at radius 2 is 2.19 bits per heavy atom. The number of carbonyl (C=O) groups excluding carboxylic acids is 1. The first kappa shape index (κ1) is 15.2. The predicted molar refractivity (Wildman–Crippen MR) is 57.3 cm³/mol. The van der Waals surface area contributed by atoms with Gasteiger partial charge in [-0.15, -0.1) is 0 Å². The van der Waals surface area contributed by atoms with Crippen LogP contribution < -0.4 is 11.1 Å².